The number of para-hydroxylation sites is 1. The SMILES string of the molecule is COc1ccccc1C(=O)Nc1cccc(C(=O)N2CCC[C@@H]3CCCC[C@@H]32)c1. The molecule has 0 radical (unpaired) electrons. The molecule has 2 amide bonds. The number of nitrogens with zero attached hydrogens (tertiary/aromatic N) is 1. The Bertz CT molecular complexity index is 893. The molecule has 0 bridgehead atoms. The summed E-state index contributed by atoms with van der Waals surface area (Å²) in [4.78, 5) is 28.0. The van der Waals surface area contributed by atoms with Crippen LogP contribution in [0, 0.1) is 5.92 Å². The zero-order chi connectivity index (χ0) is 20.2. The molecule has 2 atom stereocenters. The van der Waals surface area contributed by atoms with Crippen LogP contribution in [-0.2, 0) is 0 Å². The quantitative estimate of drug-likeness (QED) is 0.817. The number of carbonyl (C=O) groups excluding carboxylic acids is 2. The van der Waals surface area contributed by atoms with Gasteiger partial charge >= 0.3 is 0 Å². The number of anilines is 1. The van der Waals surface area contributed by atoms with Crippen molar-refractivity contribution < 1.29 is 14.3 Å². The maximum absolute atomic E-state index is 13.3. The molecule has 2 fully saturated rings. The summed E-state index contributed by atoms with van der Waals surface area (Å²) >= 11 is 0. The van der Waals surface area contributed by atoms with Gasteiger partial charge in [0.1, 0.15) is 5.75 Å². The molecule has 152 valence electrons. The third kappa shape index (κ3) is 4.14. The molecular weight excluding hydrogens is 364 g/mol. The van der Waals surface area contributed by atoms with Gasteiger partial charge in [-0.2, -0.15) is 0 Å². The topological polar surface area (TPSA) is 58.6 Å². The molecule has 1 heterocycles. The van der Waals surface area contributed by atoms with Crippen molar-refractivity contribution in [2.24, 2.45) is 5.92 Å². The van der Waals surface area contributed by atoms with Crippen LogP contribution in [0.5, 0.6) is 5.75 Å². The van der Waals surface area contributed by atoms with Gasteiger partial charge in [0.2, 0.25) is 0 Å². The first-order chi connectivity index (χ1) is 14.2. The summed E-state index contributed by atoms with van der Waals surface area (Å²) in [6.45, 7) is 0.831. The number of fused-ring (bicyclic) bond motifs is 1. The molecule has 5 nitrogen and oxygen atoms in total. The van der Waals surface area contributed by atoms with Crippen molar-refractivity contribution in [1.29, 1.82) is 0 Å². The minimum atomic E-state index is -0.252. The summed E-state index contributed by atoms with van der Waals surface area (Å²) in [6.07, 6.45) is 7.16. The molecule has 2 aliphatic rings. The number of hydrogen-bond acceptors (Lipinski definition) is 3. The molecule has 0 unspecified atom stereocenters. The molecule has 4 rings (SSSR count). The van der Waals surface area contributed by atoms with Crippen LogP contribution >= 0.6 is 0 Å². The number of piperidine rings is 1. The summed E-state index contributed by atoms with van der Waals surface area (Å²) in [6, 6.07) is 14.7. The van der Waals surface area contributed by atoms with Gasteiger partial charge in [0.05, 0.1) is 12.7 Å². The monoisotopic (exact) mass is 392 g/mol. The van der Waals surface area contributed by atoms with Crippen molar-refractivity contribution in [2.45, 2.75) is 44.6 Å². The normalized spacial score (nSPS) is 21.2. The molecule has 1 saturated carbocycles. The van der Waals surface area contributed by atoms with E-state index in [1.54, 1.807) is 31.4 Å². The van der Waals surface area contributed by atoms with E-state index in [0.717, 1.165) is 19.4 Å². The van der Waals surface area contributed by atoms with Crippen LogP contribution < -0.4 is 10.1 Å². The van der Waals surface area contributed by atoms with E-state index >= 15 is 0 Å². The predicted octanol–water partition coefficient (Wildman–Crippen LogP) is 4.74. The van der Waals surface area contributed by atoms with Gasteiger partial charge in [-0.25, -0.2) is 0 Å². The number of likely N-dealkylation sites (tertiary alicyclic amines) is 1. The third-order valence-corrected chi connectivity index (χ3v) is 6.22. The second-order valence-electron chi connectivity index (χ2n) is 7.99. The second-order valence-corrected chi connectivity index (χ2v) is 7.99. The van der Waals surface area contributed by atoms with E-state index in [1.807, 2.05) is 24.3 Å². The molecule has 1 aliphatic heterocycles. The fourth-order valence-electron chi connectivity index (χ4n) is 4.80. The summed E-state index contributed by atoms with van der Waals surface area (Å²) in [5, 5.41) is 2.90. The highest BCUT2D eigenvalue weighted by atomic mass is 16.5. The number of benzene rings is 2. The number of hydrogen-bond donors (Lipinski definition) is 1. The van der Waals surface area contributed by atoms with Gasteiger partial charge in [-0.05, 0) is 61.9 Å². The standard InChI is InChI=1S/C24H28N2O3/c1-29-22-14-5-3-12-20(22)23(27)25-19-11-6-9-18(16-19)24(28)26-15-7-10-17-8-2-4-13-21(17)26/h3,5-6,9,11-12,14,16-17,21H,2,4,7-8,10,13,15H2,1H3,(H,25,27)/t17-,21-/m0/s1. The Balaban J connectivity index is 1.51. The van der Waals surface area contributed by atoms with E-state index in [1.165, 1.54) is 25.7 Å². The number of amides is 2. The highest BCUT2D eigenvalue weighted by Crippen LogP contribution is 2.36. The van der Waals surface area contributed by atoms with E-state index in [2.05, 4.69) is 10.2 Å². The number of carbonyl (C=O) groups is 2. The Morgan fingerprint density at radius 1 is 1.00 bits per heavy atom. The smallest absolute Gasteiger partial charge is 0.259 e. The molecule has 5 heteroatoms. The average Bonchev–Trinajstić information content (AvgIpc) is 2.78. The van der Waals surface area contributed by atoms with Crippen molar-refractivity contribution in [3.8, 4) is 5.75 Å². The van der Waals surface area contributed by atoms with Crippen molar-refractivity contribution in [2.75, 3.05) is 19.0 Å². The minimum absolute atomic E-state index is 0.0787. The van der Waals surface area contributed by atoms with E-state index < -0.39 is 0 Å². The van der Waals surface area contributed by atoms with Crippen molar-refractivity contribution in [1.82, 2.24) is 4.90 Å². The molecule has 2 aromatic rings. The fourth-order valence-corrected chi connectivity index (χ4v) is 4.80. The second kappa shape index (κ2) is 8.68. The molecule has 1 aliphatic carbocycles. The first-order valence-corrected chi connectivity index (χ1v) is 10.5. The summed E-state index contributed by atoms with van der Waals surface area (Å²) in [5.41, 5.74) is 1.71. The van der Waals surface area contributed by atoms with Gasteiger partial charge in [0.25, 0.3) is 11.8 Å². The molecule has 1 N–H and O–H groups in total. The van der Waals surface area contributed by atoms with Crippen LogP contribution in [0.3, 0.4) is 0 Å². The molecule has 29 heavy (non-hydrogen) atoms. The highest BCUT2D eigenvalue weighted by molar-refractivity contribution is 6.06. The lowest BCUT2D eigenvalue weighted by molar-refractivity contribution is 0.0390. The van der Waals surface area contributed by atoms with Crippen molar-refractivity contribution >= 4 is 17.5 Å². The predicted molar refractivity (Wildman–Crippen MR) is 113 cm³/mol. The van der Waals surface area contributed by atoms with Crippen LogP contribution in [-0.4, -0.2) is 36.4 Å². The van der Waals surface area contributed by atoms with Gasteiger partial charge < -0.3 is 15.0 Å². The van der Waals surface area contributed by atoms with E-state index in [9.17, 15) is 9.59 Å². The lowest BCUT2D eigenvalue weighted by Crippen LogP contribution is -2.49. The summed E-state index contributed by atoms with van der Waals surface area (Å²) in [7, 11) is 1.54. The summed E-state index contributed by atoms with van der Waals surface area (Å²) in [5.74, 6) is 0.996. The van der Waals surface area contributed by atoms with Crippen LogP contribution in [0.15, 0.2) is 48.5 Å². The zero-order valence-electron chi connectivity index (χ0n) is 16.9. The van der Waals surface area contributed by atoms with Crippen molar-refractivity contribution in [3.63, 3.8) is 0 Å². The van der Waals surface area contributed by atoms with Crippen LogP contribution in [0.25, 0.3) is 0 Å². The Labute approximate surface area is 172 Å². The summed E-state index contributed by atoms with van der Waals surface area (Å²) < 4.78 is 5.27. The third-order valence-electron chi connectivity index (χ3n) is 6.22. The van der Waals surface area contributed by atoms with Gasteiger partial charge in [0, 0.05) is 23.8 Å². The maximum Gasteiger partial charge on any atom is 0.259 e. The molecule has 0 aromatic heterocycles. The van der Waals surface area contributed by atoms with Crippen molar-refractivity contribution in [3.05, 3.63) is 59.7 Å². The molecule has 0 spiro atoms. The first kappa shape index (κ1) is 19.5. The number of nitrogens with one attached hydrogen (secondary N) is 1. The number of ether oxygens (including phenoxy) is 1. The maximum atomic E-state index is 13.3. The van der Waals surface area contributed by atoms with Gasteiger partial charge in [-0.1, -0.05) is 31.0 Å². The highest BCUT2D eigenvalue weighted by Gasteiger charge is 2.36. The molecule has 2 aromatic carbocycles. The van der Waals surface area contributed by atoms with E-state index in [4.69, 9.17) is 4.74 Å². The lowest BCUT2D eigenvalue weighted by Gasteiger charge is -2.44. The minimum Gasteiger partial charge on any atom is -0.496 e. The Kier molecular flexibility index (Phi) is 5.84. The molecular formula is C24H28N2O3. The Morgan fingerprint density at radius 3 is 2.66 bits per heavy atom. The van der Waals surface area contributed by atoms with Crippen LogP contribution in [0.4, 0.5) is 5.69 Å². The van der Waals surface area contributed by atoms with Gasteiger partial charge in [-0.15, -0.1) is 0 Å². The van der Waals surface area contributed by atoms with Crippen LogP contribution in [0.1, 0.15) is 59.2 Å². The Morgan fingerprint density at radius 2 is 1.79 bits per heavy atom. The van der Waals surface area contributed by atoms with Crippen LogP contribution in [0.2, 0.25) is 0 Å². The van der Waals surface area contributed by atoms with Gasteiger partial charge in [-0.3, -0.25) is 9.59 Å². The lowest BCUT2D eigenvalue weighted by atomic mass is 9.78. The first-order valence-electron chi connectivity index (χ1n) is 10.5. The van der Waals surface area contributed by atoms with E-state index in [-0.39, 0.29) is 11.8 Å². The van der Waals surface area contributed by atoms with E-state index in [0.29, 0.717) is 34.5 Å². The largest absolute Gasteiger partial charge is 0.496 e. The number of methoxy groups -OCH3 is 1. The van der Waals surface area contributed by atoms with Gasteiger partial charge in [0.15, 0.2) is 0 Å². The molecule has 1 saturated heterocycles. The zero-order valence-corrected chi connectivity index (χ0v) is 16.9. The Hall–Kier alpha value is -2.82. The number of rotatable bonds is 4. The average molecular weight is 392 g/mol. The fraction of sp³-hybridized carbons (Fsp3) is 0.417.